The molecular formula is C10H11F3O2. The Balaban J connectivity index is 2.79. The number of benzene rings is 1. The van der Waals surface area contributed by atoms with Gasteiger partial charge in [0.25, 0.3) is 0 Å². The first-order valence-corrected chi connectivity index (χ1v) is 4.34. The second-order valence-corrected chi connectivity index (χ2v) is 3.15. The van der Waals surface area contributed by atoms with Crippen LogP contribution in [0.4, 0.5) is 13.2 Å². The van der Waals surface area contributed by atoms with Crippen LogP contribution in [0.2, 0.25) is 0 Å². The van der Waals surface area contributed by atoms with E-state index in [9.17, 15) is 13.2 Å². The summed E-state index contributed by atoms with van der Waals surface area (Å²) in [7, 11) is 0. The van der Waals surface area contributed by atoms with E-state index in [-0.39, 0.29) is 0 Å². The first kappa shape index (κ1) is 12.0. The van der Waals surface area contributed by atoms with Gasteiger partial charge in [0.1, 0.15) is 6.10 Å². The fourth-order valence-electron chi connectivity index (χ4n) is 1.15. The van der Waals surface area contributed by atoms with Crippen molar-refractivity contribution >= 4 is 0 Å². The highest BCUT2D eigenvalue weighted by Crippen LogP contribution is 2.27. The van der Waals surface area contributed by atoms with Crippen LogP contribution in [0.1, 0.15) is 17.2 Å². The summed E-state index contributed by atoms with van der Waals surface area (Å²) >= 11 is 0. The second kappa shape index (κ2) is 4.63. The normalized spacial score (nSPS) is 13.9. The maximum absolute atomic E-state index is 11.9. The summed E-state index contributed by atoms with van der Waals surface area (Å²) in [5, 5.41) is 8.79. The minimum absolute atomic E-state index is 0.306. The summed E-state index contributed by atoms with van der Waals surface area (Å²) in [6.07, 6.45) is -6.09. The maximum atomic E-state index is 11.9. The van der Waals surface area contributed by atoms with Crippen molar-refractivity contribution in [3.63, 3.8) is 0 Å². The Morgan fingerprint density at radius 2 is 1.80 bits per heavy atom. The number of aliphatic hydroxyl groups is 1. The molecule has 84 valence electrons. The molecule has 2 nitrogen and oxygen atoms in total. The van der Waals surface area contributed by atoms with Crippen LogP contribution in [0.5, 0.6) is 0 Å². The van der Waals surface area contributed by atoms with Crippen molar-refractivity contribution in [2.75, 3.05) is 6.61 Å². The molecule has 0 aliphatic rings. The average molecular weight is 220 g/mol. The summed E-state index contributed by atoms with van der Waals surface area (Å²) in [5.41, 5.74) is 1.24. The standard InChI is InChI=1S/C10H11F3O2/c1-7-2-4-8(5-3-7)9(6-14)15-10(11,12)13/h2-5,9,14H,6H2,1H3. The number of alkyl halides is 3. The Labute approximate surface area is 85.3 Å². The largest absolute Gasteiger partial charge is 0.523 e. The number of hydrogen-bond acceptors (Lipinski definition) is 2. The van der Waals surface area contributed by atoms with Crippen LogP contribution in [0, 0.1) is 6.92 Å². The molecule has 15 heavy (non-hydrogen) atoms. The van der Waals surface area contributed by atoms with Gasteiger partial charge in [-0.3, -0.25) is 4.74 Å². The van der Waals surface area contributed by atoms with Gasteiger partial charge in [-0.2, -0.15) is 0 Å². The average Bonchev–Trinajstić information content (AvgIpc) is 2.14. The molecule has 1 unspecified atom stereocenters. The summed E-state index contributed by atoms with van der Waals surface area (Å²) in [5.74, 6) is 0. The van der Waals surface area contributed by atoms with Crippen LogP contribution in [-0.4, -0.2) is 18.1 Å². The van der Waals surface area contributed by atoms with Gasteiger partial charge >= 0.3 is 6.36 Å². The molecule has 0 aliphatic carbocycles. The number of rotatable bonds is 3. The molecule has 1 atom stereocenters. The van der Waals surface area contributed by atoms with Crippen molar-refractivity contribution in [1.29, 1.82) is 0 Å². The van der Waals surface area contributed by atoms with E-state index in [1.165, 1.54) is 12.1 Å². The summed E-state index contributed by atoms with van der Waals surface area (Å²) in [6, 6.07) is 6.33. The molecule has 0 heterocycles. The van der Waals surface area contributed by atoms with Gasteiger partial charge in [-0.1, -0.05) is 29.8 Å². The fraction of sp³-hybridized carbons (Fsp3) is 0.400. The van der Waals surface area contributed by atoms with Gasteiger partial charge in [0, 0.05) is 0 Å². The van der Waals surface area contributed by atoms with Gasteiger partial charge in [0.05, 0.1) is 6.61 Å². The molecule has 1 rings (SSSR count). The Hall–Kier alpha value is -1.07. The van der Waals surface area contributed by atoms with Crippen LogP contribution in [0.3, 0.4) is 0 Å². The van der Waals surface area contributed by atoms with Gasteiger partial charge in [0.2, 0.25) is 0 Å². The van der Waals surface area contributed by atoms with Crippen LogP contribution in [0.15, 0.2) is 24.3 Å². The molecule has 1 aromatic rings. The molecule has 0 aliphatic heterocycles. The van der Waals surface area contributed by atoms with Crippen molar-refractivity contribution in [2.45, 2.75) is 19.4 Å². The third-order valence-electron chi connectivity index (χ3n) is 1.89. The molecule has 0 fully saturated rings. The molecule has 0 aromatic heterocycles. The third-order valence-corrected chi connectivity index (χ3v) is 1.89. The van der Waals surface area contributed by atoms with E-state index >= 15 is 0 Å². The first-order valence-electron chi connectivity index (χ1n) is 4.34. The van der Waals surface area contributed by atoms with E-state index in [0.29, 0.717) is 5.56 Å². The summed E-state index contributed by atoms with van der Waals surface area (Å²) in [6.45, 7) is 1.12. The minimum atomic E-state index is -4.74. The number of hydrogen-bond donors (Lipinski definition) is 1. The van der Waals surface area contributed by atoms with Gasteiger partial charge < -0.3 is 5.11 Å². The third kappa shape index (κ3) is 3.89. The molecule has 0 spiro atoms. The van der Waals surface area contributed by atoms with Crippen molar-refractivity contribution in [2.24, 2.45) is 0 Å². The van der Waals surface area contributed by atoms with Crippen LogP contribution < -0.4 is 0 Å². The maximum Gasteiger partial charge on any atom is 0.523 e. The van der Waals surface area contributed by atoms with E-state index in [0.717, 1.165) is 5.56 Å². The predicted molar refractivity (Wildman–Crippen MR) is 48.1 cm³/mol. The highest BCUT2D eigenvalue weighted by molar-refractivity contribution is 5.23. The SMILES string of the molecule is Cc1ccc(C(CO)OC(F)(F)F)cc1. The molecule has 1 aromatic carbocycles. The zero-order chi connectivity index (χ0) is 11.5. The predicted octanol–water partition coefficient (Wildman–Crippen LogP) is 2.56. The summed E-state index contributed by atoms with van der Waals surface area (Å²) < 4.78 is 39.5. The molecule has 1 N–H and O–H groups in total. The van der Waals surface area contributed by atoms with E-state index in [2.05, 4.69) is 4.74 Å². The van der Waals surface area contributed by atoms with Gasteiger partial charge in [-0.15, -0.1) is 13.2 Å². The van der Waals surface area contributed by atoms with Crippen LogP contribution in [0.25, 0.3) is 0 Å². The van der Waals surface area contributed by atoms with Crippen molar-refractivity contribution < 1.29 is 23.0 Å². The Kier molecular flexibility index (Phi) is 3.71. The van der Waals surface area contributed by atoms with E-state index in [1.807, 2.05) is 6.92 Å². The molecule has 5 heteroatoms. The van der Waals surface area contributed by atoms with E-state index in [4.69, 9.17) is 5.11 Å². The minimum Gasteiger partial charge on any atom is -0.393 e. The van der Waals surface area contributed by atoms with Gasteiger partial charge in [-0.05, 0) is 12.5 Å². The van der Waals surface area contributed by atoms with Gasteiger partial charge in [-0.25, -0.2) is 0 Å². The van der Waals surface area contributed by atoms with E-state index < -0.39 is 19.1 Å². The zero-order valence-electron chi connectivity index (χ0n) is 8.08. The van der Waals surface area contributed by atoms with Crippen molar-refractivity contribution in [3.05, 3.63) is 35.4 Å². The molecule has 0 saturated carbocycles. The molecule has 0 radical (unpaired) electrons. The number of halogens is 3. The second-order valence-electron chi connectivity index (χ2n) is 3.15. The fourth-order valence-corrected chi connectivity index (χ4v) is 1.15. The van der Waals surface area contributed by atoms with Crippen molar-refractivity contribution in [1.82, 2.24) is 0 Å². The highest BCUT2D eigenvalue weighted by Gasteiger charge is 2.33. The number of ether oxygens (including phenoxy) is 1. The lowest BCUT2D eigenvalue weighted by Crippen LogP contribution is -2.20. The molecule has 0 bridgehead atoms. The molecule has 0 saturated heterocycles. The Morgan fingerprint density at radius 3 is 2.20 bits per heavy atom. The molecule has 0 amide bonds. The Morgan fingerprint density at radius 1 is 1.27 bits per heavy atom. The highest BCUT2D eigenvalue weighted by atomic mass is 19.4. The van der Waals surface area contributed by atoms with E-state index in [1.54, 1.807) is 12.1 Å². The smallest absolute Gasteiger partial charge is 0.393 e. The lowest BCUT2D eigenvalue weighted by atomic mass is 10.1. The van der Waals surface area contributed by atoms with Crippen LogP contribution in [-0.2, 0) is 4.74 Å². The quantitative estimate of drug-likeness (QED) is 0.848. The lowest BCUT2D eigenvalue weighted by Gasteiger charge is -2.17. The Bertz CT molecular complexity index is 305. The summed E-state index contributed by atoms with van der Waals surface area (Å²) in [4.78, 5) is 0. The molecular weight excluding hydrogens is 209 g/mol. The topological polar surface area (TPSA) is 29.5 Å². The first-order chi connectivity index (χ1) is 6.92. The van der Waals surface area contributed by atoms with Gasteiger partial charge in [0.15, 0.2) is 0 Å². The lowest BCUT2D eigenvalue weighted by molar-refractivity contribution is -0.347. The van der Waals surface area contributed by atoms with Crippen LogP contribution >= 0.6 is 0 Å². The monoisotopic (exact) mass is 220 g/mol. The van der Waals surface area contributed by atoms with Crippen molar-refractivity contribution in [3.8, 4) is 0 Å². The number of aryl methyl sites for hydroxylation is 1. The zero-order valence-corrected chi connectivity index (χ0v) is 8.08. The number of aliphatic hydroxyl groups excluding tert-OH is 1.